The number of hydrogen-bond donors (Lipinski definition) is 1. The van der Waals surface area contributed by atoms with E-state index in [0.29, 0.717) is 12.1 Å². The molecule has 0 saturated carbocycles. The predicted octanol–water partition coefficient (Wildman–Crippen LogP) is 4.67. The van der Waals surface area contributed by atoms with E-state index in [1.54, 1.807) is 6.92 Å². The van der Waals surface area contributed by atoms with Gasteiger partial charge in [0.2, 0.25) is 21.8 Å². The van der Waals surface area contributed by atoms with Gasteiger partial charge in [-0.1, -0.05) is 65.7 Å². The molecule has 0 spiro atoms. The van der Waals surface area contributed by atoms with Crippen LogP contribution in [0.4, 0.5) is 10.1 Å². The van der Waals surface area contributed by atoms with Crippen molar-refractivity contribution in [1.82, 2.24) is 10.2 Å². The summed E-state index contributed by atoms with van der Waals surface area (Å²) in [5.41, 5.74) is 1.40. The maximum absolute atomic E-state index is 13.9. The van der Waals surface area contributed by atoms with Crippen LogP contribution in [0.1, 0.15) is 18.1 Å². The zero-order valence-corrected chi connectivity index (χ0v) is 23.2. The average molecular weight is 581 g/mol. The number of carbonyl (C=O) groups excluding carboxylic acids is 2. The number of hydrogen-bond acceptors (Lipinski definition) is 4. The molecular weight excluding hydrogens is 552 g/mol. The van der Waals surface area contributed by atoms with Crippen molar-refractivity contribution in [2.45, 2.75) is 25.9 Å². The standard InChI is InChI=1S/C27H28Cl2FN3O4S/c1-3-31-27(35)25(15-19-7-5-4-6-8-19)32(17-20-9-12-22(30)13-10-20)26(34)18-33(38(2,36)37)24-16-21(28)11-14-23(24)29/h4-14,16,25H,3,15,17-18H2,1-2H3,(H,31,35)/t25-/m0/s1. The Bertz CT molecular complexity index is 1370. The molecule has 3 aromatic rings. The summed E-state index contributed by atoms with van der Waals surface area (Å²) in [7, 11) is -3.99. The van der Waals surface area contributed by atoms with Crippen LogP contribution in [-0.4, -0.2) is 50.5 Å². The Morgan fingerprint density at radius 2 is 1.63 bits per heavy atom. The molecule has 0 aliphatic rings. The lowest BCUT2D eigenvalue weighted by Gasteiger charge is -2.33. The fourth-order valence-corrected chi connectivity index (χ4v) is 5.19. The molecule has 38 heavy (non-hydrogen) atoms. The van der Waals surface area contributed by atoms with Crippen molar-refractivity contribution >= 4 is 50.7 Å². The van der Waals surface area contributed by atoms with Crippen LogP contribution < -0.4 is 9.62 Å². The molecule has 0 aliphatic heterocycles. The average Bonchev–Trinajstić information content (AvgIpc) is 2.87. The molecule has 3 aromatic carbocycles. The van der Waals surface area contributed by atoms with Crippen LogP contribution in [0.5, 0.6) is 0 Å². The second-order valence-corrected chi connectivity index (χ2v) is 11.4. The number of benzene rings is 3. The van der Waals surface area contributed by atoms with Crippen molar-refractivity contribution in [3.63, 3.8) is 0 Å². The van der Waals surface area contributed by atoms with E-state index < -0.39 is 40.2 Å². The highest BCUT2D eigenvalue weighted by atomic mass is 35.5. The lowest BCUT2D eigenvalue weighted by molar-refractivity contribution is -0.140. The molecule has 7 nitrogen and oxygen atoms in total. The molecular formula is C27H28Cl2FN3O4S. The van der Waals surface area contributed by atoms with Gasteiger partial charge in [0.1, 0.15) is 18.4 Å². The highest BCUT2D eigenvalue weighted by Gasteiger charge is 2.33. The zero-order valence-electron chi connectivity index (χ0n) is 20.9. The van der Waals surface area contributed by atoms with Crippen molar-refractivity contribution in [2.75, 3.05) is 23.7 Å². The SMILES string of the molecule is CCNC(=O)[C@H](Cc1ccccc1)N(Cc1ccc(F)cc1)C(=O)CN(c1cc(Cl)ccc1Cl)S(C)(=O)=O. The van der Waals surface area contributed by atoms with E-state index in [0.717, 1.165) is 16.1 Å². The van der Waals surface area contributed by atoms with E-state index in [1.165, 1.54) is 47.4 Å². The Hall–Kier alpha value is -3.14. The van der Waals surface area contributed by atoms with Gasteiger partial charge in [-0.25, -0.2) is 12.8 Å². The van der Waals surface area contributed by atoms with Crippen LogP contribution in [0.3, 0.4) is 0 Å². The predicted molar refractivity (Wildman–Crippen MR) is 148 cm³/mol. The summed E-state index contributed by atoms with van der Waals surface area (Å²) in [5.74, 6) is -1.50. The quantitative estimate of drug-likeness (QED) is 0.357. The Kier molecular flexibility index (Phi) is 10.1. The second kappa shape index (κ2) is 13.1. The Morgan fingerprint density at radius 3 is 2.24 bits per heavy atom. The van der Waals surface area contributed by atoms with Gasteiger partial charge in [-0.05, 0) is 48.4 Å². The summed E-state index contributed by atoms with van der Waals surface area (Å²) in [4.78, 5) is 28.4. The third kappa shape index (κ3) is 7.93. The first-order chi connectivity index (χ1) is 18.0. The fraction of sp³-hybridized carbons (Fsp3) is 0.259. The van der Waals surface area contributed by atoms with E-state index in [-0.39, 0.29) is 28.7 Å². The number of rotatable bonds is 11. The number of nitrogens with one attached hydrogen (secondary N) is 1. The van der Waals surface area contributed by atoms with Gasteiger partial charge in [-0.2, -0.15) is 0 Å². The van der Waals surface area contributed by atoms with Gasteiger partial charge in [-0.15, -0.1) is 0 Å². The molecule has 0 heterocycles. The Morgan fingerprint density at radius 1 is 0.974 bits per heavy atom. The maximum atomic E-state index is 13.9. The molecule has 202 valence electrons. The van der Waals surface area contributed by atoms with Crippen LogP contribution in [-0.2, 0) is 32.6 Å². The summed E-state index contributed by atoms with van der Waals surface area (Å²) in [6, 6.07) is 18.0. The molecule has 0 bridgehead atoms. The normalized spacial score (nSPS) is 12.0. The molecule has 2 amide bonds. The summed E-state index contributed by atoms with van der Waals surface area (Å²) < 4.78 is 40.0. The summed E-state index contributed by atoms with van der Waals surface area (Å²) in [6.45, 7) is 1.39. The van der Waals surface area contributed by atoms with Gasteiger partial charge in [0.15, 0.2) is 0 Å². The lowest BCUT2D eigenvalue weighted by atomic mass is 10.0. The minimum atomic E-state index is -3.99. The lowest BCUT2D eigenvalue weighted by Crippen LogP contribution is -2.53. The molecule has 0 radical (unpaired) electrons. The van der Waals surface area contributed by atoms with Crippen LogP contribution in [0.25, 0.3) is 0 Å². The van der Waals surface area contributed by atoms with Crippen LogP contribution >= 0.6 is 23.2 Å². The maximum Gasteiger partial charge on any atom is 0.244 e. The number of sulfonamides is 1. The highest BCUT2D eigenvalue weighted by Crippen LogP contribution is 2.31. The molecule has 0 saturated heterocycles. The van der Waals surface area contributed by atoms with Crippen molar-refractivity contribution < 1.29 is 22.4 Å². The first-order valence-electron chi connectivity index (χ1n) is 11.8. The monoisotopic (exact) mass is 579 g/mol. The van der Waals surface area contributed by atoms with Crippen molar-refractivity contribution in [2.24, 2.45) is 0 Å². The summed E-state index contributed by atoms with van der Waals surface area (Å²) in [5, 5.41) is 3.08. The van der Waals surface area contributed by atoms with E-state index in [2.05, 4.69) is 5.32 Å². The number of carbonyl (C=O) groups is 2. The number of amides is 2. The Labute approximate surface area is 232 Å². The van der Waals surface area contributed by atoms with Crippen LogP contribution in [0, 0.1) is 5.82 Å². The van der Waals surface area contributed by atoms with Crippen LogP contribution in [0.2, 0.25) is 10.0 Å². The topological polar surface area (TPSA) is 86.8 Å². The third-order valence-electron chi connectivity index (χ3n) is 5.74. The molecule has 1 atom stereocenters. The smallest absolute Gasteiger partial charge is 0.244 e. The number of likely N-dealkylation sites (N-methyl/N-ethyl adjacent to an activating group) is 1. The van der Waals surface area contributed by atoms with Gasteiger partial charge in [0.25, 0.3) is 0 Å². The summed E-state index contributed by atoms with van der Waals surface area (Å²) in [6.07, 6.45) is 1.13. The first-order valence-corrected chi connectivity index (χ1v) is 14.4. The van der Waals surface area contributed by atoms with Crippen LogP contribution in [0.15, 0.2) is 72.8 Å². The van der Waals surface area contributed by atoms with Crippen molar-refractivity contribution in [1.29, 1.82) is 0 Å². The molecule has 3 rings (SSSR count). The van der Waals surface area contributed by atoms with Gasteiger partial charge in [0, 0.05) is 24.5 Å². The number of anilines is 1. The largest absolute Gasteiger partial charge is 0.355 e. The fourth-order valence-electron chi connectivity index (χ4n) is 3.90. The molecule has 0 unspecified atom stereocenters. The highest BCUT2D eigenvalue weighted by molar-refractivity contribution is 7.92. The van der Waals surface area contributed by atoms with E-state index in [1.807, 2.05) is 30.3 Å². The van der Waals surface area contributed by atoms with Gasteiger partial charge in [0.05, 0.1) is 17.0 Å². The minimum absolute atomic E-state index is 0.0365. The van der Waals surface area contributed by atoms with E-state index in [9.17, 15) is 22.4 Å². The zero-order chi connectivity index (χ0) is 27.9. The van der Waals surface area contributed by atoms with Gasteiger partial charge >= 0.3 is 0 Å². The Balaban J connectivity index is 2.06. The molecule has 0 aromatic heterocycles. The minimum Gasteiger partial charge on any atom is -0.355 e. The molecule has 1 N–H and O–H groups in total. The molecule has 11 heteroatoms. The molecule has 0 aliphatic carbocycles. The van der Waals surface area contributed by atoms with E-state index in [4.69, 9.17) is 23.2 Å². The van der Waals surface area contributed by atoms with E-state index >= 15 is 0 Å². The second-order valence-electron chi connectivity index (χ2n) is 8.61. The van der Waals surface area contributed by atoms with Crippen molar-refractivity contribution in [3.8, 4) is 0 Å². The van der Waals surface area contributed by atoms with Gasteiger partial charge in [-0.3, -0.25) is 13.9 Å². The third-order valence-corrected chi connectivity index (χ3v) is 7.43. The number of nitrogens with zero attached hydrogens (tertiary/aromatic N) is 2. The summed E-state index contributed by atoms with van der Waals surface area (Å²) >= 11 is 12.4. The van der Waals surface area contributed by atoms with Gasteiger partial charge < -0.3 is 10.2 Å². The molecule has 0 fully saturated rings. The number of halogens is 3. The van der Waals surface area contributed by atoms with Crippen molar-refractivity contribution in [3.05, 3.63) is 99.8 Å². The first kappa shape index (κ1) is 29.4.